The van der Waals surface area contributed by atoms with Crippen molar-refractivity contribution in [2.45, 2.75) is 471 Å². The zero-order valence-corrected chi connectivity index (χ0v) is 102. The maximum atomic E-state index is 11.3. The van der Waals surface area contributed by atoms with Crippen LogP contribution in [0.3, 0.4) is 0 Å². The van der Waals surface area contributed by atoms with E-state index in [1.807, 2.05) is 0 Å². The van der Waals surface area contributed by atoms with E-state index in [1.54, 1.807) is 0 Å². The molecule has 862 valence electrons. The normalized spacial score (nSPS) is 11.2. The number of rotatable bonds is 98. The van der Waals surface area contributed by atoms with Crippen molar-refractivity contribution in [3.05, 3.63) is 0 Å². The van der Waals surface area contributed by atoms with E-state index >= 15 is 0 Å². The van der Waals surface area contributed by atoms with E-state index in [0.29, 0.717) is 32.7 Å². The molecule has 0 aliphatic heterocycles. The van der Waals surface area contributed by atoms with Crippen LogP contribution in [0, 0.1) is 0 Å². The molecule has 14 N–H and O–H groups in total. The number of nitrogens with zero attached hydrogens (tertiary/aromatic N) is 4. The summed E-state index contributed by atoms with van der Waals surface area (Å²) < 4.78 is 46.8. The number of unbranched alkanes of at least 4 members (excludes halogenated alkanes) is 48. The number of aliphatic hydroxyl groups excluding tert-OH is 10. The van der Waals surface area contributed by atoms with Gasteiger partial charge in [-0.1, -0.05) is 420 Å². The van der Waals surface area contributed by atoms with Crippen molar-refractivity contribution in [1.82, 2.24) is 14.7 Å². The summed E-state index contributed by atoms with van der Waals surface area (Å²) in [5.74, 6) is -4.63. The molecule has 0 aromatic carbocycles. The van der Waals surface area contributed by atoms with Gasteiger partial charge in [-0.3, -0.25) is 19.5 Å². The molecule has 0 rings (SSSR count). The molecule has 40 heteroatoms. The van der Waals surface area contributed by atoms with Crippen molar-refractivity contribution in [3.8, 4) is 0 Å². The second-order valence-corrected chi connectivity index (χ2v) is 35.8. The molecular weight excluding hydrogens is 2190 g/mol. The van der Waals surface area contributed by atoms with Crippen molar-refractivity contribution < 1.29 is 264 Å². The van der Waals surface area contributed by atoms with Crippen LogP contribution in [-0.4, -0.2) is 313 Å². The first-order valence-corrected chi connectivity index (χ1v) is 52.2. The van der Waals surface area contributed by atoms with Gasteiger partial charge < -0.3 is 141 Å². The van der Waals surface area contributed by atoms with Crippen molar-refractivity contribution >= 4 is 101 Å². The Bertz CT molecular complexity index is 2130. The maximum absolute atomic E-state index is 11.3. The minimum atomic E-state index is -1.27. The smallest absolute Gasteiger partial charge is 1.00 e. The Labute approximate surface area is 1020 Å². The van der Waals surface area contributed by atoms with E-state index in [0.717, 1.165) is 45.3 Å². The number of quaternary nitrogens is 1. The molecule has 6 atom stereocenters. The molecular formula is C103H232Cl2I2N4Na4O26P2. The molecule has 0 aliphatic carbocycles. The van der Waals surface area contributed by atoms with Crippen molar-refractivity contribution in [3.63, 3.8) is 0 Å². The van der Waals surface area contributed by atoms with Crippen LogP contribution in [0.4, 0.5) is 0 Å². The first-order chi connectivity index (χ1) is 63.2. The number of alkyl halides is 1. The molecule has 6 unspecified atom stereocenters. The molecule has 30 nitrogen and oxygen atoms in total. The molecule has 0 spiro atoms. The third kappa shape index (κ3) is 174. The summed E-state index contributed by atoms with van der Waals surface area (Å²) in [6, 6.07) is 0. The fraction of sp³-hybridized carbons (Fsp3) is 0.961. The Hall–Kier alpha value is 3.90. The van der Waals surface area contributed by atoms with Gasteiger partial charge in [0.25, 0.3) is 0 Å². The van der Waals surface area contributed by atoms with Crippen LogP contribution in [0.5, 0.6) is 0 Å². The minimum Gasteiger partial charge on any atom is -1.00 e. The molecule has 0 amide bonds. The maximum Gasteiger partial charge on any atom is 1.00 e. The van der Waals surface area contributed by atoms with Gasteiger partial charge in [0, 0.05) is 78.4 Å². The SMILES string of the molecule is C.C.C.C.C.C.C.C.CCCCCCCCCCCCCCCCOCC(CCCCCCCCCCCCCC)OPOCCC(O)C[N+](CCO)(CCO)CC(=O)[O-].CCCCCCCCCCCCCCCCOCC(CCCCCCCCCCCCCC)OPOCCC(O)Cl.O.O=C(O)CN(CCO)CCO.O=C([O-])CN(CCO)CCO.O=C([O-])CN(CCO)CCO.[2H]I.[2H]I.[Cl-].[Na+].[Na+].[Na+].[Na+].[OH-]. The predicted molar refractivity (Wildman–Crippen MR) is 598 cm³/mol. The Morgan fingerprint density at radius 2 is 0.559 bits per heavy atom. The average molecular weight is 2420 g/mol. The quantitative estimate of drug-likeness (QED) is 0.0102. The molecule has 0 aromatic heterocycles. The summed E-state index contributed by atoms with van der Waals surface area (Å²) in [6.45, 7) is 12.4. The van der Waals surface area contributed by atoms with Gasteiger partial charge in [0.1, 0.15) is 39.0 Å². The number of ether oxygens (including phenoxy) is 2. The van der Waals surface area contributed by atoms with Gasteiger partial charge in [0.15, 0.2) is 18.1 Å². The van der Waals surface area contributed by atoms with Crippen molar-refractivity contribution in [2.24, 2.45) is 0 Å². The molecule has 0 saturated carbocycles. The van der Waals surface area contributed by atoms with Crippen molar-refractivity contribution in [2.75, 3.05) is 178 Å². The number of carboxylic acids is 4. The number of hydrogen-bond acceptors (Lipinski definition) is 27. The Balaban J connectivity index is -0.0000000720. The van der Waals surface area contributed by atoms with E-state index in [2.05, 4.69) is 27.7 Å². The number of carbonyl (C=O) groups is 4. The van der Waals surface area contributed by atoms with Gasteiger partial charge in [0.2, 0.25) is 0 Å². The zero-order chi connectivity index (χ0) is 98.2. The molecule has 0 bridgehead atoms. The van der Waals surface area contributed by atoms with Crippen LogP contribution >= 0.6 is 77.2 Å². The van der Waals surface area contributed by atoms with E-state index in [9.17, 15) is 54.9 Å². The van der Waals surface area contributed by atoms with Crippen LogP contribution < -0.4 is 146 Å². The summed E-state index contributed by atoms with van der Waals surface area (Å²) in [4.78, 5) is 45.8. The Morgan fingerprint density at radius 3 is 0.762 bits per heavy atom. The van der Waals surface area contributed by atoms with E-state index in [-0.39, 0.29) is 380 Å². The largest absolute Gasteiger partial charge is 1.00 e. The average Bonchev–Trinajstić information content (AvgIpc) is 0.851. The molecule has 0 saturated heterocycles. The van der Waals surface area contributed by atoms with E-state index in [4.69, 9.17) is 76.1 Å². The predicted octanol–water partition coefficient (Wildman–Crippen LogP) is 3.97. The Morgan fingerprint density at radius 1 is 0.343 bits per heavy atom. The van der Waals surface area contributed by atoms with Crippen LogP contribution in [-0.2, 0) is 46.7 Å². The third-order valence-electron chi connectivity index (χ3n) is 22.0. The fourth-order valence-electron chi connectivity index (χ4n) is 14.6. The van der Waals surface area contributed by atoms with Crippen LogP contribution in [0.1, 0.15) is 447 Å². The van der Waals surface area contributed by atoms with Crippen LogP contribution in [0.15, 0.2) is 0 Å². The van der Waals surface area contributed by atoms with Gasteiger partial charge in [-0.2, -0.15) is 0 Å². The van der Waals surface area contributed by atoms with E-state index < -0.39 is 35.5 Å². The first-order valence-electron chi connectivity index (χ1n) is 50.9. The second kappa shape index (κ2) is 171. The zero-order valence-electron chi connectivity index (χ0n) is 88.5. The fourth-order valence-corrected chi connectivity index (χ4v) is 15.9. The first kappa shape index (κ1) is 194. The van der Waals surface area contributed by atoms with Gasteiger partial charge in [-0.05, 0) is 25.7 Å². The number of aliphatic hydroxyl groups is 10. The van der Waals surface area contributed by atoms with Crippen LogP contribution in [0.25, 0.3) is 0 Å². The summed E-state index contributed by atoms with van der Waals surface area (Å²) in [6.07, 6.45) is 72.3. The summed E-state index contributed by atoms with van der Waals surface area (Å²) in [5.41, 5.74) is -0.843. The molecule has 0 aliphatic rings. The standard InChI is InChI=1S/C42H86NO8P.C35H72ClO4P.3C6H13NO4.8CH4.ClH.2HI.4Na.2H2O/c1-3-5-7-9-11-13-15-17-18-20-22-24-26-28-35-49-39-41(29-27-25-23-21-19-16-14-12-10-8-6-4-2)51-52-50-36-30-40(46)37-43(31-33-44,32-34-45)38-42(47)48;1-3-5-7-9-11-13-15-17-18-20-22-24-26-28-31-38-33-34(40-41-39-32-30-35(36)37)29-27-25-23-21-19-16-14-12-10-8-6-4-2;3*8-3-1-7(2-4-9)5-6(10)11;;;;;;;;;;;;;;;;;/h40-41,44-46,52H,3-39H2,1-2H3;34-35,37,41H,3-33H2,1-2H3;3*8-9H,1-5H2,(H,10,11);8*1H4;3*1H;;;;;2*1H2/q;;;;;;;;;;;;;;;;4*+1;;/p-4/i/hD2. The summed E-state index contributed by atoms with van der Waals surface area (Å²) in [5, 5.41) is 129. The van der Waals surface area contributed by atoms with Gasteiger partial charge in [0.05, 0.1) is 116 Å². The van der Waals surface area contributed by atoms with Crippen LogP contribution in [0.2, 0.25) is 0 Å². The number of aliphatic carboxylic acids is 4. The Kier molecular flexibility index (Phi) is 232. The van der Waals surface area contributed by atoms with Crippen molar-refractivity contribution in [1.29, 1.82) is 1.19 Å². The molecule has 143 heavy (non-hydrogen) atoms. The van der Waals surface area contributed by atoms with Gasteiger partial charge >= 0.3 is 124 Å². The molecule has 0 heterocycles. The second-order valence-electron chi connectivity index (χ2n) is 34.0. The minimum absolute atomic E-state index is 0. The summed E-state index contributed by atoms with van der Waals surface area (Å²) in [7, 11) is -0.177. The third-order valence-corrected chi connectivity index (χ3v) is 23.7. The monoisotopic (exact) mass is 2420 g/mol. The van der Waals surface area contributed by atoms with Gasteiger partial charge in [-0.25, -0.2) is 0 Å². The summed E-state index contributed by atoms with van der Waals surface area (Å²) >= 11 is 8.38. The molecule has 0 fully saturated rings. The number of carboxylic acid groups (broad SMARTS) is 4. The topological polar surface area (TPSA) is 487 Å². The number of halogens is 4. The molecule has 0 aromatic rings. The van der Waals surface area contributed by atoms with E-state index in [1.165, 1.54) is 377 Å². The number of hydrogen-bond donors (Lipinski definition) is 11. The van der Waals surface area contributed by atoms with Gasteiger partial charge in [-0.15, -0.1) is 47.6 Å². The number of carbonyl (C=O) groups excluding carboxylic acids is 3. The molecule has 0 radical (unpaired) electrons.